The summed E-state index contributed by atoms with van der Waals surface area (Å²) in [6.07, 6.45) is 0.626. The first-order valence-electron chi connectivity index (χ1n) is 9.20. The van der Waals surface area contributed by atoms with Gasteiger partial charge in [0.15, 0.2) is 9.84 Å². The standard InChI is InChI=1S/C21H20N2O3S3/c1-14-22-19(12-27-14)15-6-8-16(9-7-15)23-21(24)18-4-2-3-5-20(18)28-17-10-11-29(25,26)13-17/h2-9,12,17H,10-11,13H2,1H3,(H,23,24)/t17-/m1/s1. The smallest absolute Gasteiger partial charge is 0.256 e. The van der Waals surface area contributed by atoms with Crippen molar-refractivity contribution >= 4 is 44.5 Å². The van der Waals surface area contributed by atoms with E-state index in [9.17, 15) is 13.2 Å². The van der Waals surface area contributed by atoms with Crippen LogP contribution in [0.1, 0.15) is 21.8 Å². The predicted molar refractivity (Wildman–Crippen MR) is 120 cm³/mol. The van der Waals surface area contributed by atoms with Crippen molar-refractivity contribution in [3.63, 3.8) is 0 Å². The number of benzene rings is 2. The van der Waals surface area contributed by atoms with Crippen molar-refractivity contribution < 1.29 is 13.2 Å². The molecule has 0 aliphatic carbocycles. The van der Waals surface area contributed by atoms with Crippen LogP contribution in [0.4, 0.5) is 5.69 Å². The van der Waals surface area contributed by atoms with Crippen LogP contribution in [0.15, 0.2) is 58.8 Å². The summed E-state index contributed by atoms with van der Waals surface area (Å²) in [5, 5.41) is 5.96. The number of aryl methyl sites for hydroxylation is 1. The van der Waals surface area contributed by atoms with Gasteiger partial charge < -0.3 is 5.32 Å². The third-order valence-corrected chi connectivity index (χ3v) is 8.77. The fourth-order valence-electron chi connectivity index (χ4n) is 3.21. The summed E-state index contributed by atoms with van der Waals surface area (Å²) in [6, 6.07) is 14.9. The second-order valence-corrected chi connectivity index (χ2v) is 11.6. The molecule has 1 saturated heterocycles. The second kappa shape index (κ2) is 8.30. The maximum atomic E-state index is 12.8. The highest BCUT2D eigenvalue weighted by Gasteiger charge is 2.29. The number of nitrogens with one attached hydrogen (secondary N) is 1. The molecule has 0 unspecified atom stereocenters. The molecule has 1 fully saturated rings. The fourth-order valence-corrected chi connectivity index (χ4v) is 7.46. The average molecular weight is 445 g/mol. The van der Waals surface area contributed by atoms with Crippen molar-refractivity contribution in [3.8, 4) is 11.3 Å². The number of carbonyl (C=O) groups excluding carboxylic acids is 1. The first kappa shape index (κ1) is 20.1. The van der Waals surface area contributed by atoms with Gasteiger partial charge in [-0.25, -0.2) is 13.4 Å². The summed E-state index contributed by atoms with van der Waals surface area (Å²) < 4.78 is 23.5. The molecule has 0 radical (unpaired) electrons. The topological polar surface area (TPSA) is 76.1 Å². The SMILES string of the molecule is Cc1nc(-c2ccc(NC(=O)c3ccccc3S[C@@H]3CCS(=O)(=O)C3)cc2)cs1. The molecule has 1 atom stereocenters. The number of thioether (sulfide) groups is 1. The maximum absolute atomic E-state index is 12.8. The number of anilines is 1. The quantitative estimate of drug-likeness (QED) is 0.620. The molecule has 5 nitrogen and oxygen atoms in total. The maximum Gasteiger partial charge on any atom is 0.256 e. The first-order chi connectivity index (χ1) is 13.9. The van der Waals surface area contributed by atoms with E-state index in [1.807, 2.05) is 54.8 Å². The summed E-state index contributed by atoms with van der Waals surface area (Å²) in [4.78, 5) is 18.1. The molecule has 4 rings (SSSR count). The first-order valence-corrected chi connectivity index (χ1v) is 12.8. The van der Waals surface area contributed by atoms with E-state index in [2.05, 4.69) is 10.3 Å². The third-order valence-electron chi connectivity index (χ3n) is 4.67. The van der Waals surface area contributed by atoms with Gasteiger partial charge in [0.1, 0.15) is 0 Å². The minimum atomic E-state index is -2.95. The van der Waals surface area contributed by atoms with Crippen LogP contribution in [0.5, 0.6) is 0 Å². The molecule has 1 aliphatic rings. The summed E-state index contributed by atoms with van der Waals surface area (Å²) >= 11 is 3.08. The van der Waals surface area contributed by atoms with Crippen molar-refractivity contribution in [1.29, 1.82) is 0 Å². The molecule has 0 bridgehead atoms. The molecule has 3 aromatic rings. The van der Waals surface area contributed by atoms with Crippen molar-refractivity contribution in [2.24, 2.45) is 0 Å². The zero-order chi connectivity index (χ0) is 20.4. The van der Waals surface area contributed by atoms with Crippen LogP contribution in [0.3, 0.4) is 0 Å². The molecule has 2 heterocycles. The van der Waals surface area contributed by atoms with Crippen LogP contribution in [-0.2, 0) is 9.84 Å². The monoisotopic (exact) mass is 444 g/mol. The van der Waals surface area contributed by atoms with Crippen molar-refractivity contribution in [1.82, 2.24) is 4.98 Å². The van der Waals surface area contributed by atoms with Gasteiger partial charge >= 0.3 is 0 Å². The van der Waals surface area contributed by atoms with E-state index < -0.39 is 9.84 Å². The molecule has 1 aromatic heterocycles. The molecule has 29 heavy (non-hydrogen) atoms. The minimum Gasteiger partial charge on any atom is -0.322 e. The van der Waals surface area contributed by atoms with Gasteiger partial charge in [-0.05, 0) is 37.6 Å². The highest BCUT2D eigenvalue weighted by Crippen LogP contribution is 2.33. The van der Waals surface area contributed by atoms with Crippen LogP contribution in [-0.4, -0.2) is 36.1 Å². The van der Waals surface area contributed by atoms with Gasteiger partial charge in [0.05, 0.1) is 27.8 Å². The van der Waals surface area contributed by atoms with Crippen LogP contribution >= 0.6 is 23.1 Å². The lowest BCUT2D eigenvalue weighted by Crippen LogP contribution is -2.14. The Kier molecular flexibility index (Phi) is 5.76. The Morgan fingerprint density at radius 2 is 1.93 bits per heavy atom. The largest absolute Gasteiger partial charge is 0.322 e. The van der Waals surface area contributed by atoms with Gasteiger partial charge in [-0.1, -0.05) is 24.3 Å². The number of sulfone groups is 1. The molecule has 0 saturated carbocycles. The van der Waals surface area contributed by atoms with E-state index in [0.29, 0.717) is 17.7 Å². The number of aromatic nitrogens is 1. The lowest BCUT2D eigenvalue weighted by atomic mass is 10.1. The lowest BCUT2D eigenvalue weighted by Gasteiger charge is -2.13. The van der Waals surface area contributed by atoms with Crippen LogP contribution < -0.4 is 5.32 Å². The van der Waals surface area contributed by atoms with Crippen LogP contribution in [0.2, 0.25) is 0 Å². The molecular formula is C21H20N2O3S3. The number of thiazole rings is 1. The summed E-state index contributed by atoms with van der Waals surface area (Å²) in [5.74, 6) is 0.195. The Bertz CT molecular complexity index is 1140. The highest BCUT2D eigenvalue weighted by atomic mass is 32.2. The van der Waals surface area contributed by atoms with E-state index in [-0.39, 0.29) is 22.7 Å². The van der Waals surface area contributed by atoms with E-state index in [1.54, 1.807) is 17.4 Å². The van der Waals surface area contributed by atoms with Gasteiger partial charge in [-0.15, -0.1) is 23.1 Å². The van der Waals surface area contributed by atoms with Gasteiger partial charge in [-0.2, -0.15) is 0 Å². The van der Waals surface area contributed by atoms with Crippen LogP contribution in [0.25, 0.3) is 11.3 Å². The molecule has 150 valence electrons. The fraction of sp³-hybridized carbons (Fsp3) is 0.238. The third kappa shape index (κ3) is 4.88. The Balaban J connectivity index is 1.47. The predicted octanol–water partition coefficient (Wildman–Crippen LogP) is 4.65. The number of nitrogens with zero attached hydrogens (tertiary/aromatic N) is 1. The van der Waals surface area contributed by atoms with Crippen molar-refractivity contribution in [2.75, 3.05) is 16.8 Å². The molecule has 1 amide bonds. The summed E-state index contributed by atoms with van der Waals surface area (Å²) in [5.41, 5.74) is 3.19. The molecular weight excluding hydrogens is 424 g/mol. The van der Waals surface area contributed by atoms with Gasteiger partial charge in [0.2, 0.25) is 0 Å². The average Bonchev–Trinajstić information content (AvgIpc) is 3.27. The van der Waals surface area contributed by atoms with E-state index in [1.165, 1.54) is 11.8 Å². The van der Waals surface area contributed by atoms with E-state index in [0.717, 1.165) is 21.2 Å². The minimum absolute atomic E-state index is 0.00481. The Morgan fingerprint density at radius 1 is 1.17 bits per heavy atom. The summed E-state index contributed by atoms with van der Waals surface area (Å²) in [6.45, 7) is 1.97. The summed E-state index contributed by atoms with van der Waals surface area (Å²) in [7, 11) is -2.95. The number of rotatable bonds is 5. The molecule has 8 heteroatoms. The van der Waals surface area contributed by atoms with Gasteiger partial charge in [0.25, 0.3) is 5.91 Å². The Labute approximate surface area is 178 Å². The number of carbonyl (C=O) groups is 1. The highest BCUT2D eigenvalue weighted by molar-refractivity contribution is 8.02. The number of amides is 1. The normalized spacial score (nSPS) is 17.9. The second-order valence-electron chi connectivity index (χ2n) is 6.92. The van der Waals surface area contributed by atoms with Crippen molar-refractivity contribution in [3.05, 3.63) is 64.5 Å². The Hall–Kier alpha value is -2.16. The molecule has 1 N–H and O–H groups in total. The number of hydrogen-bond acceptors (Lipinski definition) is 6. The Morgan fingerprint density at radius 3 is 2.59 bits per heavy atom. The zero-order valence-electron chi connectivity index (χ0n) is 15.8. The van der Waals surface area contributed by atoms with E-state index >= 15 is 0 Å². The van der Waals surface area contributed by atoms with Gasteiger partial charge in [0, 0.05) is 26.8 Å². The number of hydrogen-bond donors (Lipinski definition) is 1. The molecule has 1 aliphatic heterocycles. The van der Waals surface area contributed by atoms with Crippen LogP contribution in [0, 0.1) is 6.92 Å². The molecule has 2 aromatic carbocycles. The zero-order valence-corrected chi connectivity index (χ0v) is 18.2. The molecule has 0 spiro atoms. The van der Waals surface area contributed by atoms with Gasteiger partial charge in [-0.3, -0.25) is 4.79 Å². The van der Waals surface area contributed by atoms with E-state index in [4.69, 9.17) is 0 Å². The van der Waals surface area contributed by atoms with Crippen molar-refractivity contribution in [2.45, 2.75) is 23.5 Å². The lowest BCUT2D eigenvalue weighted by molar-refractivity contribution is 0.102.